The van der Waals surface area contributed by atoms with Crippen LogP contribution in [0.25, 0.3) is 0 Å². The Bertz CT molecular complexity index is 899. The van der Waals surface area contributed by atoms with Crippen molar-refractivity contribution in [3.8, 4) is 11.5 Å². The van der Waals surface area contributed by atoms with E-state index in [2.05, 4.69) is 10.3 Å². The summed E-state index contributed by atoms with van der Waals surface area (Å²) in [5.74, 6) is 1.20. The van der Waals surface area contributed by atoms with Crippen LogP contribution in [0.5, 0.6) is 11.5 Å². The van der Waals surface area contributed by atoms with Gasteiger partial charge in [-0.05, 0) is 35.2 Å². The molecule has 8 nitrogen and oxygen atoms in total. The van der Waals surface area contributed by atoms with Crippen molar-refractivity contribution in [2.24, 2.45) is 0 Å². The van der Waals surface area contributed by atoms with Crippen molar-refractivity contribution in [2.45, 2.75) is 19.5 Å². The molecule has 140 valence electrons. The lowest BCUT2D eigenvalue weighted by Gasteiger charge is -2.28. The summed E-state index contributed by atoms with van der Waals surface area (Å²) in [6.45, 7) is 1.48. The van der Waals surface area contributed by atoms with E-state index in [1.165, 1.54) is 7.11 Å². The predicted molar refractivity (Wildman–Crippen MR) is 94.5 cm³/mol. The number of benzene rings is 1. The van der Waals surface area contributed by atoms with Crippen molar-refractivity contribution in [1.29, 1.82) is 0 Å². The zero-order chi connectivity index (χ0) is 18.8. The first-order valence-electron chi connectivity index (χ1n) is 8.61. The summed E-state index contributed by atoms with van der Waals surface area (Å²) in [6.07, 6.45) is 3.47. The van der Waals surface area contributed by atoms with Crippen LogP contribution in [0.2, 0.25) is 0 Å². The van der Waals surface area contributed by atoms with E-state index in [1.54, 1.807) is 17.3 Å². The van der Waals surface area contributed by atoms with E-state index in [0.29, 0.717) is 43.1 Å². The van der Waals surface area contributed by atoms with Crippen molar-refractivity contribution in [2.75, 3.05) is 20.4 Å². The maximum atomic E-state index is 12.7. The van der Waals surface area contributed by atoms with Gasteiger partial charge in [0, 0.05) is 25.5 Å². The number of carbonyl (C=O) groups is 2. The van der Waals surface area contributed by atoms with E-state index in [0.717, 1.165) is 16.7 Å². The van der Waals surface area contributed by atoms with E-state index in [9.17, 15) is 9.59 Å². The van der Waals surface area contributed by atoms with Crippen LogP contribution in [0.1, 0.15) is 27.0 Å². The molecule has 3 heterocycles. The minimum atomic E-state index is -0.377. The van der Waals surface area contributed by atoms with Gasteiger partial charge in [-0.3, -0.25) is 9.78 Å². The number of pyridine rings is 1. The summed E-state index contributed by atoms with van der Waals surface area (Å²) in [6, 6.07) is 5.58. The summed E-state index contributed by atoms with van der Waals surface area (Å²) in [5, 5.41) is 2.92. The number of nitrogens with zero attached hydrogens (tertiary/aromatic N) is 2. The van der Waals surface area contributed by atoms with E-state index < -0.39 is 0 Å². The molecule has 0 saturated heterocycles. The molecule has 1 N–H and O–H groups in total. The van der Waals surface area contributed by atoms with Gasteiger partial charge in [-0.25, -0.2) is 4.79 Å². The zero-order valence-corrected chi connectivity index (χ0v) is 14.9. The fourth-order valence-electron chi connectivity index (χ4n) is 3.30. The quantitative estimate of drug-likeness (QED) is 0.888. The van der Waals surface area contributed by atoms with Crippen LogP contribution < -0.4 is 14.8 Å². The first kappa shape index (κ1) is 17.1. The number of hydrogen-bond acceptors (Lipinski definition) is 6. The van der Waals surface area contributed by atoms with Gasteiger partial charge >= 0.3 is 6.09 Å². The lowest BCUT2D eigenvalue weighted by Crippen LogP contribution is -2.37. The van der Waals surface area contributed by atoms with Gasteiger partial charge < -0.3 is 24.4 Å². The highest BCUT2D eigenvalue weighted by atomic mass is 16.7. The lowest BCUT2D eigenvalue weighted by atomic mass is 9.97. The van der Waals surface area contributed by atoms with E-state index in [1.807, 2.05) is 18.2 Å². The third-order valence-corrected chi connectivity index (χ3v) is 4.71. The summed E-state index contributed by atoms with van der Waals surface area (Å²) >= 11 is 0. The number of nitrogens with one attached hydrogen (secondary N) is 1. The van der Waals surface area contributed by atoms with Crippen LogP contribution >= 0.6 is 0 Å². The summed E-state index contributed by atoms with van der Waals surface area (Å²) in [7, 11) is 1.36. The molecular formula is C19H19N3O5. The Kier molecular flexibility index (Phi) is 4.53. The first-order chi connectivity index (χ1) is 13.2. The topological polar surface area (TPSA) is 90.0 Å². The molecule has 1 aromatic carbocycles. The fourth-order valence-corrected chi connectivity index (χ4v) is 3.30. The van der Waals surface area contributed by atoms with Gasteiger partial charge in [-0.15, -0.1) is 0 Å². The molecule has 4 rings (SSSR count). The van der Waals surface area contributed by atoms with Gasteiger partial charge in [0.05, 0.1) is 19.2 Å². The van der Waals surface area contributed by atoms with Crippen LogP contribution in [-0.4, -0.2) is 42.3 Å². The van der Waals surface area contributed by atoms with Crippen LogP contribution in [0.3, 0.4) is 0 Å². The van der Waals surface area contributed by atoms with E-state index in [4.69, 9.17) is 14.2 Å². The Labute approximate surface area is 156 Å². The number of carbonyl (C=O) groups excluding carboxylic acids is 2. The number of ether oxygens (including phenoxy) is 3. The molecule has 0 bridgehead atoms. The fraction of sp³-hybridized carbons (Fsp3) is 0.316. The molecule has 0 aliphatic carbocycles. The molecule has 0 radical (unpaired) electrons. The normalized spacial score (nSPS) is 14.5. The molecule has 0 spiro atoms. The molecule has 1 aromatic heterocycles. The number of fused-ring (bicyclic) bond motifs is 2. The van der Waals surface area contributed by atoms with Gasteiger partial charge in [-0.1, -0.05) is 6.07 Å². The molecule has 27 heavy (non-hydrogen) atoms. The van der Waals surface area contributed by atoms with Gasteiger partial charge in [0.1, 0.15) is 0 Å². The smallest absolute Gasteiger partial charge is 0.409 e. The zero-order valence-electron chi connectivity index (χ0n) is 14.9. The molecule has 2 aliphatic rings. The molecule has 0 unspecified atom stereocenters. The minimum Gasteiger partial charge on any atom is -0.454 e. The largest absolute Gasteiger partial charge is 0.454 e. The van der Waals surface area contributed by atoms with Crippen molar-refractivity contribution >= 4 is 12.0 Å². The molecule has 0 fully saturated rings. The number of methoxy groups -OCH3 is 1. The Morgan fingerprint density at radius 2 is 2.11 bits per heavy atom. The second-order valence-electron chi connectivity index (χ2n) is 6.34. The average molecular weight is 369 g/mol. The number of rotatable bonds is 3. The SMILES string of the molecule is COC(=O)N1CCc2c(cncc2C(=O)NCc2ccc3c(c2)OCO3)C1. The Morgan fingerprint density at radius 3 is 2.96 bits per heavy atom. The Hall–Kier alpha value is -3.29. The van der Waals surface area contributed by atoms with Gasteiger partial charge in [0.2, 0.25) is 6.79 Å². The van der Waals surface area contributed by atoms with Crippen LogP contribution in [0.4, 0.5) is 4.79 Å². The second kappa shape index (κ2) is 7.14. The monoisotopic (exact) mass is 369 g/mol. The van der Waals surface area contributed by atoms with Crippen molar-refractivity contribution < 1.29 is 23.8 Å². The Morgan fingerprint density at radius 1 is 1.26 bits per heavy atom. The van der Waals surface area contributed by atoms with Crippen LogP contribution in [0.15, 0.2) is 30.6 Å². The molecular weight excluding hydrogens is 350 g/mol. The van der Waals surface area contributed by atoms with Crippen molar-refractivity contribution in [3.05, 3.63) is 52.8 Å². The maximum absolute atomic E-state index is 12.7. The highest BCUT2D eigenvalue weighted by molar-refractivity contribution is 5.95. The first-order valence-corrected chi connectivity index (χ1v) is 8.61. The van der Waals surface area contributed by atoms with Gasteiger partial charge in [-0.2, -0.15) is 0 Å². The Balaban J connectivity index is 1.46. The number of amides is 2. The summed E-state index contributed by atoms with van der Waals surface area (Å²) < 4.78 is 15.4. The third-order valence-electron chi connectivity index (χ3n) is 4.71. The van der Waals surface area contributed by atoms with Crippen LogP contribution in [0, 0.1) is 0 Å². The molecule has 2 aromatic rings. The number of hydrogen-bond donors (Lipinski definition) is 1. The molecule has 0 atom stereocenters. The van der Waals surface area contributed by atoms with E-state index in [-0.39, 0.29) is 18.8 Å². The number of aromatic nitrogens is 1. The standard InChI is InChI=1S/C19H19N3O5/c1-25-19(24)22-5-4-14-13(10-22)8-20-9-15(14)18(23)21-7-12-2-3-16-17(6-12)27-11-26-16/h2-3,6,8-9H,4-5,7,10-11H2,1H3,(H,21,23). The van der Waals surface area contributed by atoms with Gasteiger partial charge in [0.15, 0.2) is 11.5 Å². The van der Waals surface area contributed by atoms with Crippen LogP contribution in [-0.2, 0) is 24.2 Å². The average Bonchev–Trinajstić information content (AvgIpc) is 3.18. The summed E-state index contributed by atoms with van der Waals surface area (Å²) in [4.78, 5) is 30.2. The highest BCUT2D eigenvalue weighted by Gasteiger charge is 2.25. The van der Waals surface area contributed by atoms with Gasteiger partial charge in [0.25, 0.3) is 5.91 Å². The highest BCUT2D eigenvalue weighted by Crippen LogP contribution is 2.32. The molecule has 2 aliphatic heterocycles. The lowest BCUT2D eigenvalue weighted by molar-refractivity contribution is 0.0948. The second-order valence-corrected chi connectivity index (χ2v) is 6.34. The van der Waals surface area contributed by atoms with Crippen molar-refractivity contribution in [1.82, 2.24) is 15.2 Å². The molecule has 2 amide bonds. The summed E-state index contributed by atoms with van der Waals surface area (Å²) in [5.41, 5.74) is 3.25. The third kappa shape index (κ3) is 3.38. The molecule has 0 saturated carbocycles. The minimum absolute atomic E-state index is 0.191. The predicted octanol–water partition coefficient (Wildman–Crippen LogP) is 1.86. The van der Waals surface area contributed by atoms with E-state index >= 15 is 0 Å². The molecule has 8 heteroatoms. The maximum Gasteiger partial charge on any atom is 0.409 e. The van der Waals surface area contributed by atoms with Crippen molar-refractivity contribution in [3.63, 3.8) is 0 Å².